The SMILES string of the molecule is COc1cc(Cl)cc(C(=O)Nc2ccc(Cl)cn2)c1NC(=O)c1scc(CN2CCN(C)CC2)c1Cl.O=C(O)C(F)(F)F. The van der Waals surface area contributed by atoms with Gasteiger partial charge in [-0.15, -0.1) is 11.3 Å². The number of nitrogens with one attached hydrogen (secondary N) is 2. The van der Waals surface area contributed by atoms with Crippen LogP contribution in [-0.2, 0) is 11.3 Å². The van der Waals surface area contributed by atoms with Gasteiger partial charge in [0.2, 0.25) is 0 Å². The predicted molar refractivity (Wildman–Crippen MR) is 159 cm³/mol. The van der Waals surface area contributed by atoms with E-state index in [2.05, 4.69) is 32.5 Å². The molecule has 3 aromatic rings. The van der Waals surface area contributed by atoms with Crippen molar-refractivity contribution in [3.8, 4) is 5.75 Å². The molecule has 4 rings (SSSR count). The van der Waals surface area contributed by atoms with Crippen molar-refractivity contribution in [2.45, 2.75) is 12.7 Å². The molecule has 2 amide bonds. The molecule has 1 saturated heterocycles. The molecule has 0 aliphatic carbocycles. The highest BCUT2D eigenvalue weighted by Gasteiger charge is 2.38. The minimum absolute atomic E-state index is 0.106. The third kappa shape index (κ3) is 9.68. The first-order valence-corrected chi connectivity index (χ1v) is 14.3. The maximum Gasteiger partial charge on any atom is 0.490 e. The van der Waals surface area contributed by atoms with Crippen LogP contribution in [0.15, 0.2) is 35.8 Å². The Morgan fingerprint density at radius 2 is 1.70 bits per heavy atom. The second kappa shape index (κ2) is 15.0. The van der Waals surface area contributed by atoms with Crippen LogP contribution >= 0.6 is 46.1 Å². The van der Waals surface area contributed by atoms with E-state index >= 15 is 0 Å². The van der Waals surface area contributed by atoms with Crippen molar-refractivity contribution in [2.24, 2.45) is 0 Å². The Kier molecular flexibility index (Phi) is 12.0. The highest BCUT2D eigenvalue weighted by Crippen LogP contribution is 2.35. The second-order valence-corrected chi connectivity index (χ2v) is 11.2. The molecule has 0 radical (unpaired) electrons. The molecule has 1 aliphatic rings. The van der Waals surface area contributed by atoms with Gasteiger partial charge in [0.15, 0.2) is 0 Å². The van der Waals surface area contributed by atoms with Gasteiger partial charge in [-0.25, -0.2) is 9.78 Å². The van der Waals surface area contributed by atoms with Gasteiger partial charge in [-0.2, -0.15) is 13.2 Å². The zero-order valence-electron chi connectivity index (χ0n) is 22.6. The van der Waals surface area contributed by atoms with Gasteiger partial charge in [-0.05, 0) is 36.2 Å². The molecular formula is C26H25Cl3F3N5O5S. The van der Waals surface area contributed by atoms with Crippen LogP contribution < -0.4 is 15.4 Å². The lowest BCUT2D eigenvalue weighted by atomic mass is 10.1. The molecule has 43 heavy (non-hydrogen) atoms. The van der Waals surface area contributed by atoms with E-state index in [1.807, 2.05) is 5.38 Å². The third-order valence-electron chi connectivity index (χ3n) is 5.98. The first-order valence-electron chi connectivity index (χ1n) is 12.3. The van der Waals surface area contributed by atoms with Gasteiger partial charge in [0, 0.05) is 50.0 Å². The number of hydrogen-bond acceptors (Lipinski definition) is 8. The number of amides is 2. The molecule has 232 valence electrons. The zero-order valence-corrected chi connectivity index (χ0v) is 25.7. The number of likely N-dealkylation sites (N-methyl/N-ethyl adjacent to an activating group) is 1. The van der Waals surface area contributed by atoms with Crippen molar-refractivity contribution >= 4 is 75.4 Å². The number of carbonyl (C=O) groups excluding carboxylic acids is 2. The van der Waals surface area contributed by atoms with Gasteiger partial charge in [0.25, 0.3) is 11.8 Å². The van der Waals surface area contributed by atoms with Crippen molar-refractivity contribution in [3.63, 3.8) is 0 Å². The molecule has 1 fully saturated rings. The van der Waals surface area contributed by atoms with Gasteiger partial charge in [0.05, 0.1) is 28.4 Å². The summed E-state index contributed by atoms with van der Waals surface area (Å²) in [5.41, 5.74) is 1.17. The quantitative estimate of drug-likeness (QED) is 0.278. The number of pyridine rings is 1. The molecule has 1 aromatic carbocycles. The highest BCUT2D eigenvalue weighted by molar-refractivity contribution is 7.13. The summed E-state index contributed by atoms with van der Waals surface area (Å²) in [6.07, 6.45) is -3.67. The number of aliphatic carboxylic acids is 1. The minimum atomic E-state index is -5.08. The molecule has 3 heterocycles. The number of methoxy groups -OCH3 is 1. The first-order chi connectivity index (χ1) is 20.2. The van der Waals surface area contributed by atoms with Crippen LogP contribution in [0.3, 0.4) is 0 Å². The average Bonchev–Trinajstić information content (AvgIpc) is 3.31. The summed E-state index contributed by atoms with van der Waals surface area (Å²) < 4.78 is 37.1. The Labute approximate surface area is 263 Å². The largest absolute Gasteiger partial charge is 0.494 e. The van der Waals surface area contributed by atoms with E-state index in [4.69, 9.17) is 49.4 Å². The van der Waals surface area contributed by atoms with Crippen molar-refractivity contribution < 1.29 is 37.4 Å². The number of thiophene rings is 1. The van der Waals surface area contributed by atoms with E-state index in [-0.39, 0.29) is 27.8 Å². The van der Waals surface area contributed by atoms with Crippen LogP contribution in [0.2, 0.25) is 15.1 Å². The summed E-state index contributed by atoms with van der Waals surface area (Å²) in [5.74, 6) is -3.22. The van der Waals surface area contributed by atoms with E-state index in [1.54, 1.807) is 12.1 Å². The van der Waals surface area contributed by atoms with Gasteiger partial charge < -0.3 is 25.4 Å². The van der Waals surface area contributed by atoms with Crippen molar-refractivity contribution in [3.05, 3.63) is 66.9 Å². The number of aromatic nitrogens is 1. The van der Waals surface area contributed by atoms with Crippen LogP contribution in [0.5, 0.6) is 5.75 Å². The second-order valence-electron chi connectivity index (χ2n) is 9.09. The van der Waals surface area contributed by atoms with Crippen LogP contribution in [0.25, 0.3) is 0 Å². The van der Waals surface area contributed by atoms with Crippen LogP contribution in [-0.4, -0.2) is 84.2 Å². The molecule has 0 unspecified atom stereocenters. The molecule has 0 atom stereocenters. The number of rotatable bonds is 7. The summed E-state index contributed by atoms with van der Waals surface area (Å²) >= 11 is 20.0. The number of benzene rings is 1. The first kappa shape index (κ1) is 34.4. The number of piperazine rings is 1. The number of carboxylic acids is 1. The number of anilines is 2. The van der Waals surface area contributed by atoms with Crippen LogP contribution in [0.1, 0.15) is 25.6 Å². The predicted octanol–water partition coefficient (Wildman–Crippen LogP) is 6.00. The summed E-state index contributed by atoms with van der Waals surface area (Å²) in [4.78, 5) is 44.3. The average molecular weight is 683 g/mol. The Hall–Kier alpha value is -3.14. The normalized spacial score (nSPS) is 14.0. The van der Waals surface area contributed by atoms with E-state index in [9.17, 15) is 22.8 Å². The maximum absolute atomic E-state index is 13.3. The molecule has 0 bridgehead atoms. The van der Waals surface area contributed by atoms with Crippen molar-refractivity contribution in [2.75, 3.05) is 51.0 Å². The zero-order chi connectivity index (χ0) is 31.9. The smallest absolute Gasteiger partial charge is 0.490 e. The van der Waals surface area contributed by atoms with Gasteiger partial charge in [-0.3, -0.25) is 14.5 Å². The lowest BCUT2D eigenvalue weighted by Gasteiger charge is -2.32. The molecule has 0 saturated carbocycles. The van der Waals surface area contributed by atoms with Crippen molar-refractivity contribution in [1.82, 2.24) is 14.8 Å². The van der Waals surface area contributed by atoms with Crippen LogP contribution in [0, 0.1) is 0 Å². The number of hydrogen-bond donors (Lipinski definition) is 3. The lowest BCUT2D eigenvalue weighted by molar-refractivity contribution is -0.192. The summed E-state index contributed by atoms with van der Waals surface area (Å²) in [5, 5.41) is 15.6. The molecule has 1 aliphatic heterocycles. The van der Waals surface area contributed by atoms with Crippen molar-refractivity contribution in [1.29, 1.82) is 0 Å². The highest BCUT2D eigenvalue weighted by atomic mass is 35.5. The maximum atomic E-state index is 13.3. The monoisotopic (exact) mass is 681 g/mol. The third-order valence-corrected chi connectivity index (χ3v) is 7.99. The number of halogens is 6. The summed E-state index contributed by atoms with van der Waals surface area (Å²) in [7, 11) is 3.53. The molecule has 2 aromatic heterocycles. The Morgan fingerprint density at radius 3 is 2.26 bits per heavy atom. The summed E-state index contributed by atoms with van der Waals surface area (Å²) in [6.45, 7) is 4.52. The van der Waals surface area contributed by atoms with Gasteiger partial charge >= 0.3 is 12.1 Å². The fraction of sp³-hybridized carbons (Fsp3) is 0.308. The molecule has 0 spiro atoms. The Morgan fingerprint density at radius 1 is 1.05 bits per heavy atom. The number of carbonyl (C=O) groups is 3. The fourth-order valence-corrected chi connectivity index (χ4v) is 5.30. The van der Waals surface area contributed by atoms with E-state index in [0.29, 0.717) is 21.5 Å². The Balaban J connectivity index is 0.000000646. The minimum Gasteiger partial charge on any atom is -0.494 e. The number of ether oxygens (including phenoxy) is 1. The number of carboxylic acid groups (broad SMARTS) is 1. The topological polar surface area (TPSA) is 124 Å². The summed E-state index contributed by atoms with van der Waals surface area (Å²) in [6, 6.07) is 6.13. The van der Waals surface area contributed by atoms with E-state index in [0.717, 1.165) is 31.7 Å². The number of alkyl halides is 3. The molecule has 3 N–H and O–H groups in total. The van der Waals surface area contributed by atoms with Gasteiger partial charge in [-0.1, -0.05) is 34.8 Å². The molecule has 17 heteroatoms. The van der Waals surface area contributed by atoms with E-state index < -0.39 is 24.0 Å². The Bertz CT molecular complexity index is 1470. The standard InChI is InChI=1S/C24H24Cl3N5O3S.C2HF3O2/c1-31-5-7-32(8-6-31)12-14-13-36-22(20(14)27)24(34)30-21-17(9-16(26)10-18(21)35-2)23(33)29-19-4-3-15(25)11-28-19;3-2(4,5)1(6)7/h3-4,9-11,13H,5-8,12H2,1-2H3,(H,30,34)(H,28,29,33);(H,6,7). The lowest BCUT2D eigenvalue weighted by Crippen LogP contribution is -2.43. The van der Waals surface area contributed by atoms with E-state index in [1.165, 1.54) is 36.8 Å². The number of nitrogens with zero attached hydrogens (tertiary/aromatic N) is 3. The molecule has 10 nitrogen and oxygen atoms in total. The fourth-order valence-electron chi connectivity index (χ4n) is 3.74. The van der Waals surface area contributed by atoms with Crippen LogP contribution in [0.4, 0.5) is 24.7 Å². The molecular weight excluding hydrogens is 658 g/mol. The van der Waals surface area contributed by atoms with Gasteiger partial charge in [0.1, 0.15) is 16.4 Å².